The molecule has 1 aromatic carbocycles. The van der Waals surface area contributed by atoms with Gasteiger partial charge in [0.25, 0.3) is 0 Å². The average molecular weight is 584 g/mol. The highest BCUT2D eigenvalue weighted by Gasteiger charge is 2.74. The molecule has 0 aromatic heterocycles. The summed E-state index contributed by atoms with van der Waals surface area (Å²) in [5.41, 5.74) is 1.46. The fourth-order valence-corrected chi connectivity index (χ4v) is 8.65. The van der Waals surface area contributed by atoms with Crippen molar-refractivity contribution in [3.05, 3.63) is 35.9 Å². The van der Waals surface area contributed by atoms with Crippen LogP contribution in [-0.2, 0) is 30.4 Å². The zero-order valence-corrected chi connectivity index (χ0v) is 27.0. The van der Waals surface area contributed by atoms with E-state index < -0.39 is 5.92 Å². The smallest absolute Gasteiger partial charge is 0.315 e. The molecule has 42 heavy (non-hydrogen) atoms. The number of ether oxygens (including phenoxy) is 3. The van der Waals surface area contributed by atoms with Crippen LogP contribution in [0.1, 0.15) is 124 Å². The predicted molar refractivity (Wildman–Crippen MR) is 165 cm³/mol. The second-order valence-corrected chi connectivity index (χ2v) is 14.3. The summed E-state index contributed by atoms with van der Waals surface area (Å²) >= 11 is 0. The molecule has 0 amide bonds. The quantitative estimate of drug-likeness (QED) is 0.136. The lowest BCUT2D eigenvalue weighted by molar-refractivity contribution is -0.202. The van der Waals surface area contributed by atoms with E-state index in [0.717, 1.165) is 12.8 Å². The zero-order valence-electron chi connectivity index (χ0n) is 27.0. The lowest BCUT2D eigenvalue weighted by atomic mass is 9.70. The first-order valence-corrected chi connectivity index (χ1v) is 17.2. The SMILES string of the molecule is CCCCCCCCCCC[C@H](CC1ON2C(O[C@@H]3C2C2CCC3(C)C2(C)C)C1C(=O)OCC)OCc1ccccc1. The molecule has 2 saturated carbocycles. The van der Waals surface area contributed by atoms with Crippen molar-refractivity contribution in [3.63, 3.8) is 0 Å². The van der Waals surface area contributed by atoms with Crippen LogP contribution in [-0.4, -0.2) is 48.2 Å². The van der Waals surface area contributed by atoms with Gasteiger partial charge < -0.3 is 14.2 Å². The third-order valence-electron chi connectivity index (χ3n) is 11.5. The summed E-state index contributed by atoms with van der Waals surface area (Å²) in [5, 5.41) is 2.10. The number of carbonyl (C=O) groups is 1. The molecule has 2 heterocycles. The first kappa shape index (κ1) is 31.9. The van der Waals surface area contributed by atoms with Crippen molar-refractivity contribution in [1.29, 1.82) is 0 Å². The van der Waals surface area contributed by atoms with Crippen LogP contribution in [0.15, 0.2) is 30.3 Å². The summed E-state index contributed by atoms with van der Waals surface area (Å²) in [7, 11) is 0. The van der Waals surface area contributed by atoms with Gasteiger partial charge >= 0.3 is 5.97 Å². The fraction of sp³-hybridized carbons (Fsp3) is 0.806. The molecule has 2 bridgehead atoms. The van der Waals surface area contributed by atoms with E-state index in [0.29, 0.717) is 25.6 Å². The number of unbranched alkanes of at least 4 members (excludes halogenated alkanes) is 8. The van der Waals surface area contributed by atoms with Gasteiger partial charge in [0, 0.05) is 11.8 Å². The number of carbonyl (C=O) groups excluding carboxylic acids is 1. The molecule has 1 aromatic rings. The molecule has 5 rings (SSSR count). The van der Waals surface area contributed by atoms with E-state index in [1.165, 1.54) is 69.8 Å². The summed E-state index contributed by atoms with van der Waals surface area (Å²) in [6.45, 7) is 12.3. The number of hydroxylamine groups is 2. The Labute approximate surface area is 255 Å². The molecular formula is C36H57NO5. The number of hydrogen-bond donors (Lipinski definition) is 0. The number of esters is 1. The first-order valence-electron chi connectivity index (χ1n) is 17.2. The highest BCUT2D eigenvalue weighted by molar-refractivity contribution is 5.74. The van der Waals surface area contributed by atoms with Gasteiger partial charge in [-0.25, -0.2) is 0 Å². The molecule has 0 spiro atoms. The lowest BCUT2D eigenvalue weighted by Crippen LogP contribution is -2.42. The molecule has 2 saturated heterocycles. The van der Waals surface area contributed by atoms with Crippen LogP contribution in [0.5, 0.6) is 0 Å². The number of rotatable bonds is 17. The third-order valence-corrected chi connectivity index (χ3v) is 11.5. The van der Waals surface area contributed by atoms with E-state index in [-0.39, 0.29) is 47.4 Å². The van der Waals surface area contributed by atoms with Crippen molar-refractivity contribution in [2.45, 2.75) is 155 Å². The minimum Gasteiger partial charge on any atom is -0.466 e. The Morgan fingerprint density at radius 3 is 2.38 bits per heavy atom. The molecule has 0 N–H and O–H groups in total. The monoisotopic (exact) mass is 583 g/mol. The van der Waals surface area contributed by atoms with Crippen LogP contribution >= 0.6 is 0 Å². The van der Waals surface area contributed by atoms with Gasteiger partial charge in [0.2, 0.25) is 0 Å². The number of nitrogens with zero attached hydrogens (tertiary/aromatic N) is 1. The Hall–Kier alpha value is -1.47. The highest BCUT2D eigenvalue weighted by Crippen LogP contribution is 2.70. The maximum atomic E-state index is 13.4. The Kier molecular flexibility index (Phi) is 10.7. The second-order valence-electron chi connectivity index (χ2n) is 14.3. The van der Waals surface area contributed by atoms with Crippen molar-refractivity contribution in [2.24, 2.45) is 22.7 Å². The second kappa shape index (κ2) is 14.1. The summed E-state index contributed by atoms with van der Waals surface area (Å²) in [4.78, 5) is 20.2. The molecule has 4 fully saturated rings. The Morgan fingerprint density at radius 1 is 1.00 bits per heavy atom. The molecule has 8 atom stereocenters. The van der Waals surface area contributed by atoms with Crippen molar-refractivity contribution in [2.75, 3.05) is 6.61 Å². The molecule has 2 aliphatic carbocycles. The standard InChI is InChI=1S/C36H57NO5/c1-6-8-9-10-11-12-13-14-18-21-27(40-25-26-19-16-15-17-20-26)24-29-30(34(38)39-7-2)33-37(42-29)31-28-22-23-36(5,32(31)41-33)35(28,3)4/h15-17,19-20,27-33H,6-14,18,21-25H2,1-5H3/t27-,28?,29?,30?,31?,32-,33?,36?/m1/s1. The van der Waals surface area contributed by atoms with E-state index in [4.69, 9.17) is 19.0 Å². The average Bonchev–Trinajstić information content (AvgIpc) is 3.63. The molecular weight excluding hydrogens is 526 g/mol. The van der Waals surface area contributed by atoms with Crippen LogP contribution in [0.2, 0.25) is 0 Å². The van der Waals surface area contributed by atoms with Crippen LogP contribution in [0.25, 0.3) is 0 Å². The Morgan fingerprint density at radius 2 is 1.69 bits per heavy atom. The molecule has 2 aliphatic heterocycles. The molecule has 6 nitrogen and oxygen atoms in total. The van der Waals surface area contributed by atoms with E-state index in [9.17, 15) is 4.79 Å². The molecule has 236 valence electrons. The molecule has 4 aliphatic rings. The van der Waals surface area contributed by atoms with Crippen molar-refractivity contribution in [3.8, 4) is 0 Å². The van der Waals surface area contributed by atoms with Gasteiger partial charge in [0.05, 0.1) is 37.6 Å². The van der Waals surface area contributed by atoms with Gasteiger partial charge in [-0.2, -0.15) is 5.06 Å². The van der Waals surface area contributed by atoms with Gasteiger partial charge in [-0.3, -0.25) is 9.63 Å². The summed E-state index contributed by atoms with van der Waals surface area (Å²) in [5.74, 6) is -0.143. The van der Waals surface area contributed by atoms with Crippen molar-refractivity contribution >= 4 is 5.97 Å². The molecule has 6 heteroatoms. The van der Waals surface area contributed by atoms with E-state index in [1.54, 1.807) is 0 Å². The minimum atomic E-state index is -0.451. The summed E-state index contributed by atoms with van der Waals surface area (Å²) in [6, 6.07) is 10.6. The van der Waals surface area contributed by atoms with Crippen LogP contribution in [0, 0.1) is 22.7 Å². The van der Waals surface area contributed by atoms with Crippen molar-refractivity contribution in [1.82, 2.24) is 5.06 Å². The summed E-state index contributed by atoms with van der Waals surface area (Å²) < 4.78 is 19.0. The van der Waals surface area contributed by atoms with E-state index in [2.05, 4.69) is 57.0 Å². The van der Waals surface area contributed by atoms with Gasteiger partial charge in [0.15, 0.2) is 0 Å². The lowest BCUT2D eigenvalue weighted by Gasteiger charge is -2.38. The largest absolute Gasteiger partial charge is 0.466 e. The van der Waals surface area contributed by atoms with Crippen LogP contribution in [0.4, 0.5) is 0 Å². The van der Waals surface area contributed by atoms with Gasteiger partial charge in [-0.15, -0.1) is 0 Å². The van der Waals surface area contributed by atoms with Gasteiger partial charge in [-0.1, -0.05) is 116 Å². The zero-order chi connectivity index (χ0) is 29.7. The van der Waals surface area contributed by atoms with Crippen LogP contribution in [0.3, 0.4) is 0 Å². The summed E-state index contributed by atoms with van der Waals surface area (Å²) in [6.07, 6.45) is 15.2. The molecule has 0 radical (unpaired) electrons. The van der Waals surface area contributed by atoms with Gasteiger partial charge in [0.1, 0.15) is 12.1 Å². The van der Waals surface area contributed by atoms with Gasteiger partial charge in [-0.05, 0) is 43.1 Å². The number of benzene rings is 1. The minimum absolute atomic E-state index is 0.0153. The number of hydrogen-bond acceptors (Lipinski definition) is 6. The Balaban J connectivity index is 1.23. The third kappa shape index (κ3) is 6.34. The number of fused-ring (bicyclic) bond motifs is 7. The fourth-order valence-electron chi connectivity index (χ4n) is 8.65. The van der Waals surface area contributed by atoms with E-state index >= 15 is 0 Å². The van der Waals surface area contributed by atoms with Crippen LogP contribution < -0.4 is 0 Å². The first-order chi connectivity index (χ1) is 20.3. The van der Waals surface area contributed by atoms with Crippen molar-refractivity contribution < 1.29 is 23.8 Å². The van der Waals surface area contributed by atoms with E-state index in [1.807, 2.05) is 13.0 Å². The maximum absolute atomic E-state index is 13.4. The molecule has 6 unspecified atom stereocenters. The maximum Gasteiger partial charge on any atom is 0.315 e. The predicted octanol–water partition coefficient (Wildman–Crippen LogP) is 8.23. The Bertz CT molecular complexity index is 1000. The highest BCUT2D eigenvalue weighted by atomic mass is 16.8. The topological polar surface area (TPSA) is 57.2 Å². The normalized spacial score (nSPS) is 33.5.